The molecule has 3 aromatic rings. The van der Waals surface area contributed by atoms with E-state index in [2.05, 4.69) is 10.3 Å². The third kappa shape index (κ3) is 4.82. The number of hydrogen-bond acceptors (Lipinski definition) is 4. The third-order valence-electron chi connectivity index (χ3n) is 5.92. The number of nitrogens with one attached hydrogen (secondary N) is 2. The minimum absolute atomic E-state index is 0.118. The molecule has 2 N–H and O–H groups in total. The van der Waals surface area contributed by atoms with Gasteiger partial charge in [0.2, 0.25) is 5.91 Å². The zero-order valence-electron chi connectivity index (χ0n) is 18.0. The van der Waals surface area contributed by atoms with Gasteiger partial charge in [-0.05, 0) is 30.5 Å². The molecule has 2 amide bonds. The molecule has 2 atom stereocenters. The van der Waals surface area contributed by atoms with Crippen LogP contribution in [0.1, 0.15) is 28.9 Å². The highest BCUT2D eigenvalue weighted by atomic mass is 16.5. The van der Waals surface area contributed by atoms with Crippen LogP contribution < -0.4 is 5.32 Å². The van der Waals surface area contributed by atoms with Gasteiger partial charge in [-0.1, -0.05) is 48.5 Å². The van der Waals surface area contributed by atoms with Crippen molar-refractivity contribution in [1.29, 1.82) is 0 Å². The second-order valence-electron chi connectivity index (χ2n) is 8.13. The second-order valence-corrected chi connectivity index (χ2v) is 8.13. The van der Waals surface area contributed by atoms with Crippen LogP contribution in [0.2, 0.25) is 0 Å². The summed E-state index contributed by atoms with van der Waals surface area (Å²) in [6.45, 7) is 0.918. The Balaban J connectivity index is 1.42. The van der Waals surface area contributed by atoms with Crippen LogP contribution in [0.3, 0.4) is 0 Å². The number of fused-ring (bicyclic) bond motifs is 1. The number of amides is 2. The van der Waals surface area contributed by atoms with Crippen molar-refractivity contribution in [2.75, 3.05) is 20.2 Å². The molecular formula is C25H27N3O4. The van der Waals surface area contributed by atoms with Crippen molar-refractivity contribution in [2.45, 2.75) is 25.3 Å². The van der Waals surface area contributed by atoms with E-state index in [4.69, 9.17) is 4.74 Å². The van der Waals surface area contributed by atoms with Crippen LogP contribution in [0.15, 0.2) is 60.7 Å². The Morgan fingerprint density at radius 1 is 1.12 bits per heavy atom. The Kier molecular flexibility index (Phi) is 6.54. The molecule has 0 aliphatic carbocycles. The van der Waals surface area contributed by atoms with Gasteiger partial charge in [-0.3, -0.25) is 9.59 Å². The summed E-state index contributed by atoms with van der Waals surface area (Å²) in [4.78, 5) is 43.2. The molecule has 32 heavy (non-hydrogen) atoms. The first-order valence-corrected chi connectivity index (χ1v) is 10.8. The van der Waals surface area contributed by atoms with Gasteiger partial charge in [0.05, 0.1) is 13.0 Å². The standard InChI is InChI=1S/C25H27N3O4/c1-32-25(31)22(14-17-8-3-2-4-9-17)27-23(29)19-11-7-13-28(16-19)24(30)21-15-18-10-5-6-12-20(18)26-21/h2-6,8-10,12,15,19,22,26H,7,11,13-14,16H2,1H3,(H,27,29)/t19?,22-/m0/s1. The predicted octanol–water partition coefficient (Wildman–Crippen LogP) is 2.92. The van der Waals surface area contributed by atoms with E-state index >= 15 is 0 Å². The fourth-order valence-electron chi connectivity index (χ4n) is 4.21. The number of benzene rings is 2. The van der Waals surface area contributed by atoms with Gasteiger partial charge in [0.25, 0.3) is 5.91 Å². The monoisotopic (exact) mass is 433 g/mol. The van der Waals surface area contributed by atoms with Crippen molar-refractivity contribution in [3.8, 4) is 0 Å². The number of hydrogen-bond donors (Lipinski definition) is 2. The van der Waals surface area contributed by atoms with E-state index in [1.54, 1.807) is 4.90 Å². The Morgan fingerprint density at radius 2 is 1.88 bits per heavy atom. The van der Waals surface area contributed by atoms with Gasteiger partial charge >= 0.3 is 5.97 Å². The molecule has 4 rings (SSSR count). The summed E-state index contributed by atoms with van der Waals surface area (Å²) in [5.41, 5.74) is 2.36. The average molecular weight is 434 g/mol. The SMILES string of the molecule is COC(=O)[C@H](Cc1ccccc1)NC(=O)C1CCCN(C(=O)c2cc3ccccc3[nH]2)C1. The lowest BCUT2D eigenvalue weighted by Gasteiger charge is -2.32. The lowest BCUT2D eigenvalue weighted by atomic mass is 9.96. The largest absolute Gasteiger partial charge is 0.467 e. The molecule has 1 aromatic heterocycles. The second kappa shape index (κ2) is 9.68. The number of H-pyrrole nitrogens is 1. The highest BCUT2D eigenvalue weighted by Gasteiger charge is 2.32. The van der Waals surface area contributed by atoms with Gasteiger partial charge in [0.1, 0.15) is 11.7 Å². The third-order valence-corrected chi connectivity index (χ3v) is 5.92. The number of carbonyl (C=O) groups excluding carboxylic acids is 3. The highest BCUT2D eigenvalue weighted by Crippen LogP contribution is 2.21. The first-order valence-electron chi connectivity index (χ1n) is 10.8. The number of ether oxygens (including phenoxy) is 1. The summed E-state index contributed by atoms with van der Waals surface area (Å²) in [5, 5.41) is 3.82. The van der Waals surface area contributed by atoms with Crippen LogP contribution in [0, 0.1) is 5.92 Å². The van der Waals surface area contributed by atoms with Crippen LogP contribution in [-0.2, 0) is 20.7 Å². The lowest BCUT2D eigenvalue weighted by Crippen LogP contribution is -2.50. The van der Waals surface area contributed by atoms with E-state index < -0.39 is 12.0 Å². The minimum atomic E-state index is -0.769. The number of aromatic amines is 1. The van der Waals surface area contributed by atoms with Gasteiger partial charge in [0.15, 0.2) is 0 Å². The molecule has 2 heterocycles. The van der Waals surface area contributed by atoms with E-state index in [1.165, 1.54) is 7.11 Å². The number of piperidine rings is 1. The van der Waals surface area contributed by atoms with Crippen LogP contribution in [0.5, 0.6) is 0 Å². The van der Waals surface area contributed by atoms with Crippen molar-refractivity contribution >= 4 is 28.7 Å². The molecule has 1 unspecified atom stereocenters. The summed E-state index contributed by atoms with van der Waals surface area (Å²) >= 11 is 0. The fourth-order valence-corrected chi connectivity index (χ4v) is 4.21. The van der Waals surface area contributed by atoms with Crippen molar-refractivity contribution < 1.29 is 19.1 Å². The fraction of sp³-hybridized carbons (Fsp3) is 0.320. The number of para-hydroxylation sites is 1. The molecular weight excluding hydrogens is 406 g/mol. The maximum absolute atomic E-state index is 13.0. The number of likely N-dealkylation sites (tertiary alicyclic amines) is 1. The van der Waals surface area contributed by atoms with Gasteiger partial charge in [-0.25, -0.2) is 4.79 Å². The number of rotatable bonds is 6. The summed E-state index contributed by atoms with van der Waals surface area (Å²) in [7, 11) is 1.31. The smallest absolute Gasteiger partial charge is 0.328 e. The van der Waals surface area contributed by atoms with Crippen molar-refractivity contribution in [3.63, 3.8) is 0 Å². The molecule has 0 saturated carbocycles. The molecule has 7 heteroatoms. The zero-order valence-corrected chi connectivity index (χ0v) is 18.0. The zero-order chi connectivity index (χ0) is 22.5. The van der Waals surface area contributed by atoms with Crippen LogP contribution in [-0.4, -0.2) is 53.9 Å². The first-order chi connectivity index (χ1) is 15.5. The molecule has 7 nitrogen and oxygen atoms in total. The van der Waals surface area contributed by atoms with E-state index in [0.717, 1.165) is 22.9 Å². The van der Waals surface area contributed by atoms with Gasteiger partial charge in [0, 0.05) is 30.4 Å². The van der Waals surface area contributed by atoms with Crippen molar-refractivity contribution in [2.24, 2.45) is 5.92 Å². The number of nitrogens with zero attached hydrogens (tertiary/aromatic N) is 1. The molecule has 0 bridgehead atoms. The summed E-state index contributed by atoms with van der Waals surface area (Å²) in [5.74, 6) is -1.21. The Hall–Kier alpha value is -3.61. The molecule has 0 spiro atoms. The van der Waals surface area contributed by atoms with Crippen molar-refractivity contribution in [3.05, 3.63) is 71.9 Å². The molecule has 1 aliphatic heterocycles. The van der Waals surface area contributed by atoms with E-state index in [9.17, 15) is 14.4 Å². The van der Waals surface area contributed by atoms with Crippen molar-refractivity contribution in [1.82, 2.24) is 15.2 Å². The molecule has 1 fully saturated rings. The van der Waals surface area contributed by atoms with Crippen LogP contribution in [0.4, 0.5) is 0 Å². The summed E-state index contributed by atoms with van der Waals surface area (Å²) in [6.07, 6.45) is 1.75. The Morgan fingerprint density at radius 3 is 2.62 bits per heavy atom. The van der Waals surface area contributed by atoms with Crippen LogP contribution in [0.25, 0.3) is 10.9 Å². The van der Waals surface area contributed by atoms with Gasteiger partial charge in [-0.2, -0.15) is 0 Å². The minimum Gasteiger partial charge on any atom is -0.467 e. The van der Waals surface area contributed by atoms with E-state index in [0.29, 0.717) is 31.6 Å². The number of aromatic nitrogens is 1. The molecule has 0 radical (unpaired) electrons. The Labute approximate surface area is 186 Å². The predicted molar refractivity (Wildman–Crippen MR) is 121 cm³/mol. The average Bonchev–Trinajstić information content (AvgIpc) is 3.27. The van der Waals surface area contributed by atoms with Gasteiger partial charge < -0.3 is 19.9 Å². The normalized spacial score (nSPS) is 17.0. The van der Waals surface area contributed by atoms with E-state index in [1.807, 2.05) is 60.7 Å². The number of carbonyl (C=O) groups is 3. The molecule has 1 aliphatic rings. The number of esters is 1. The lowest BCUT2D eigenvalue weighted by molar-refractivity contribution is -0.145. The van der Waals surface area contributed by atoms with Gasteiger partial charge in [-0.15, -0.1) is 0 Å². The number of methoxy groups -OCH3 is 1. The summed E-state index contributed by atoms with van der Waals surface area (Å²) in [6, 6.07) is 18.3. The Bertz CT molecular complexity index is 1080. The molecule has 166 valence electrons. The topological polar surface area (TPSA) is 91.5 Å². The van der Waals surface area contributed by atoms with E-state index in [-0.39, 0.29) is 17.7 Å². The quantitative estimate of drug-likeness (QED) is 0.585. The summed E-state index contributed by atoms with van der Waals surface area (Å²) < 4.78 is 4.90. The maximum atomic E-state index is 13.0. The maximum Gasteiger partial charge on any atom is 0.328 e. The van der Waals surface area contributed by atoms with Crippen LogP contribution >= 0.6 is 0 Å². The molecule has 1 saturated heterocycles. The molecule has 2 aromatic carbocycles. The first kappa shape index (κ1) is 21.6. The highest BCUT2D eigenvalue weighted by molar-refractivity contribution is 5.98.